The van der Waals surface area contributed by atoms with Crippen molar-refractivity contribution in [2.45, 2.75) is 0 Å². The normalized spacial score (nSPS) is 20.2. The third kappa shape index (κ3) is 2.02. The molecule has 6 heteroatoms. The lowest BCUT2D eigenvalue weighted by Gasteiger charge is -2.21. The van der Waals surface area contributed by atoms with E-state index in [1.165, 1.54) is 0 Å². The number of nitrogens with zero attached hydrogens (tertiary/aromatic N) is 1. The molecule has 0 fully saturated rings. The summed E-state index contributed by atoms with van der Waals surface area (Å²) in [5, 5.41) is 0.619. The molecule has 1 rings (SSSR count). The maximum absolute atomic E-state index is 5.44. The molecule has 1 aliphatic rings. The Morgan fingerprint density at radius 3 is 2.78 bits per heavy atom. The van der Waals surface area contributed by atoms with E-state index in [2.05, 4.69) is 23.5 Å². The Bertz CT molecular complexity index is 168. The van der Waals surface area contributed by atoms with Gasteiger partial charge in [0.25, 0.3) is 0 Å². The SMILES string of the molecule is S=C1C=C(S)NN(Cl)N1. The van der Waals surface area contributed by atoms with Crippen LogP contribution in [0.1, 0.15) is 0 Å². The first-order valence-corrected chi connectivity index (χ1v) is 3.31. The second-order valence-electron chi connectivity index (χ2n) is 1.40. The molecule has 0 bridgehead atoms. The number of nitrogens with one attached hydrogen (secondary N) is 2. The van der Waals surface area contributed by atoms with Crippen LogP contribution < -0.4 is 10.9 Å². The zero-order valence-electron chi connectivity index (χ0n) is 4.26. The summed E-state index contributed by atoms with van der Waals surface area (Å²) in [5.41, 5.74) is 5.24. The molecule has 0 saturated carbocycles. The minimum absolute atomic E-state index is 0.536. The van der Waals surface area contributed by atoms with Gasteiger partial charge in [0.2, 0.25) is 0 Å². The summed E-state index contributed by atoms with van der Waals surface area (Å²) < 4.78 is 1.12. The van der Waals surface area contributed by atoms with Gasteiger partial charge in [-0.15, -0.1) is 12.6 Å². The van der Waals surface area contributed by atoms with E-state index in [0.29, 0.717) is 10.0 Å². The van der Waals surface area contributed by atoms with Gasteiger partial charge in [-0.3, -0.25) is 10.9 Å². The summed E-state index contributed by atoms with van der Waals surface area (Å²) in [5.74, 6) is 0. The third-order valence-corrected chi connectivity index (χ3v) is 1.30. The van der Waals surface area contributed by atoms with E-state index in [4.69, 9.17) is 24.0 Å². The van der Waals surface area contributed by atoms with E-state index < -0.39 is 0 Å². The third-order valence-electron chi connectivity index (χ3n) is 0.689. The van der Waals surface area contributed by atoms with Crippen molar-refractivity contribution in [3.8, 4) is 0 Å². The van der Waals surface area contributed by atoms with Crippen LogP contribution in [0.4, 0.5) is 0 Å². The molecule has 0 aliphatic carbocycles. The number of thiol groups is 1. The lowest BCUT2D eigenvalue weighted by Crippen LogP contribution is -2.45. The fourth-order valence-electron chi connectivity index (χ4n) is 0.414. The topological polar surface area (TPSA) is 27.3 Å². The number of halogens is 1. The van der Waals surface area contributed by atoms with Crippen LogP contribution in [0.15, 0.2) is 11.1 Å². The van der Waals surface area contributed by atoms with Crippen molar-refractivity contribution in [3.05, 3.63) is 11.1 Å². The van der Waals surface area contributed by atoms with Crippen molar-refractivity contribution in [3.63, 3.8) is 0 Å². The lowest BCUT2D eigenvalue weighted by atomic mass is 10.6. The maximum Gasteiger partial charge on any atom is 0.118 e. The highest BCUT2D eigenvalue weighted by molar-refractivity contribution is 7.84. The quantitative estimate of drug-likeness (QED) is 0.289. The van der Waals surface area contributed by atoms with Crippen LogP contribution >= 0.6 is 36.6 Å². The summed E-state index contributed by atoms with van der Waals surface area (Å²) in [6, 6.07) is 0. The Balaban J connectivity index is 2.67. The van der Waals surface area contributed by atoms with E-state index in [9.17, 15) is 0 Å². The van der Waals surface area contributed by atoms with Crippen LogP contribution in [0.25, 0.3) is 0 Å². The van der Waals surface area contributed by atoms with Crippen LogP contribution in [-0.2, 0) is 0 Å². The van der Waals surface area contributed by atoms with Crippen molar-refractivity contribution in [1.82, 2.24) is 15.5 Å². The minimum atomic E-state index is 0.536. The second kappa shape index (κ2) is 2.74. The fourth-order valence-corrected chi connectivity index (χ4v) is 1.23. The van der Waals surface area contributed by atoms with Gasteiger partial charge in [0.1, 0.15) is 4.99 Å². The van der Waals surface area contributed by atoms with Crippen LogP contribution in [0.2, 0.25) is 0 Å². The first-order valence-electron chi connectivity index (χ1n) is 2.12. The van der Waals surface area contributed by atoms with Crippen LogP contribution in [0.3, 0.4) is 0 Å². The van der Waals surface area contributed by atoms with Gasteiger partial charge in [-0.05, 0) is 4.64 Å². The van der Waals surface area contributed by atoms with Gasteiger partial charge in [-0.25, -0.2) is 0 Å². The Kier molecular flexibility index (Phi) is 2.18. The highest BCUT2D eigenvalue weighted by Gasteiger charge is 2.07. The molecule has 0 aromatic rings. The zero-order valence-corrected chi connectivity index (χ0v) is 6.72. The number of hydrogen-bond acceptors (Lipinski definition) is 4. The summed E-state index contributed by atoms with van der Waals surface area (Å²) in [7, 11) is 0. The van der Waals surface area contributed by atoms with E-state index in [-0.39, 0.29) is 0 Å². The maximum atomic E-state index is 5.44. The Morgan fingerprint density at radius 2 is 2.33 bits per heavy atom. The highest BCUT2D eigenvalue weighted by Crippen LogP contribution is 2.02. The molecule has 0 aromatic carbocycles. The average Bonchev–Trinajstić information content (AvgIpc) is 1.59. The zero-order chi connectivity index (χ0) is 6.85. The predicted molar refractivity (Wildman–Crippen MR) is 43.6 cm³/mol. The van der Waals surface area contributed by atoms with Gasteiger partial charge in [-0.2, -0.15) is 0 Å². The standard InChI is InChI=1S/C3H4ClN3S2/c4-7-5-2(8)1-3(9)6-7/h1,5,8H,(H,6,9). The van der Waals surface area contributed by atoms with E-state index in [1.807, 2.05) is 0 Å². The molecule has 1 heterocycles. The number of hydrazine groups is 2. The van der Waals surface area contributed by atoms with Gasteiger partial charge in [0, 0.05) is 17.9 Å². The molecule has 1 aliphatic heterocycles. The van der Waals surface area contributed by atoms with Crippen molar-refractivity contribution < 1.29 is 0 Å². The molecule has 0 unspecified atom stereocenters. The molecular weight excluding hydrogens is 178 g/mol. The molecule has 0 saturated heterocycles. The Labute approximate surface area is 68.5 Å². The van der Waals surface area contributed by atoms with Crippen molar-refractivity contribution in [2.75, 3.05) is 0 Å². The van der Waals surface area contributed by atoms with Crippen molar-refractivity contribution in [2.24, 2.45) is 0 Å². The van der Waals surface area contributed by atoms with Crippen molar-refractivity contribution in [1.29, 1.82) is 0 Å². The summed E-state index contributed by atoms with van der Waals surface area (Å²) >= 11 is 14.2. The molecule has 3 nitrogen and oxygen atoms in total. The fraction of sp³-hybridized carbons (Fsp3) is 0. The molecule has 0 radical (unpaired) electrons. The largest absolute Gasteiger partial charge is 0.281 e. The van der Waals surface area contributed by atoms with E-state index in [0.717, 1.165) is 4.64 Å². The highest BCUT2D eigenvalue weighted by atomic mass is 35.5. The van der Waals surface area contributed by atoms with Gasteiger partial charge in [0.15, 0.2) is 0 Å². The number of hydrogen-bond donors (Lipinski definition) is 3. The smallest absolute Gasteiger partial charge is 0.118 e. The van der Waals surface area contributed by atoms with Crippen molar-refractivity contribution >= 4 is 41.6 Å². The van der Waals surface area contributed by atoms with Crippen LogP contribution in [0, 0.1) is 0 Å². The van der Waals surface area contributed by atoms with E-state index in [1.54, 1.807) is 6.08 Å². The predicted octanol–water partition coefficient (Wildman–Crippen LogP) is 0.564. The van der Waals surface area contributed by atoms with Crippen LogP contribution in [-0.4, -0.2) is 9.63 Å². The Morgan fingerprint density at radius 1 is 1.67 bits per heavy atom. The second-order valence-corrected chi connectivity index (χ2v) is 2.66. The number of thiocarbonyl (C=S) groups is 1. The monoisotopic (exact) mass is 181 g/mol. The van der Waals surface area contributed by atoms with Crippen LogP contribution in [0.5, 0.6) is 0 Å². The minimum Gasteiger partial charge on any atom is -0.281 e. The molecule has 0 aromatic heterocycles. The van der Waals surface area contributed by atoms with E-state index >= 15 is 0 Å². The molecule has 0 spiro atoms. The molecular formula is C3H4ClN3S2. The molecule has 9 heavy (non-hydrogen) atoms. The summed E-state index contributed by atoms with van der Waals surface area (Å²) in [6.07, 6.45) is 1.65. The molecule has 50 valence electrons. The Hall–Kier alpha value is 0.0300. The molecule has 2 N–H and O–H groups in total. The summed E-state index contributed by atoms with van der Waals surface area (Å²) in [4.78, 5) is 0.536. The number of rotatable bonds is 0. The first-order chi connectivity index (χ1) is 4.18. The molecule has 0 atom stereocenters. The average molecular weight is 182 g/mol. The van der Waals surface area contributed by atoms with Gasteiger partial charge in [0.05, 0.1) is 5.03 Å². The van der Waals surface area contributed by atoms with Gasteiger partial charge >= 0.3 is 0 Å². The lowest BCUT2D eigenvalue weighted by molar-refractivity contribution is 0.342. The van der Waals surface area contributed by atoms with Gasteiger partial charge in [-0.1, -0.05) is 12.2 Å². The molecule has 0 amide bonds. The first kappa shape index (κ1) is 7.14. The van der Waals surface area contributed by atoms with Gasteiger partial charge < -0.3 is 0 Å². The summed E-state index contributed by atoms with van der Waals surface area (Å²) in [6.45, 7) is 0.